The Morgan fingerprint density at radius 2 is 1.74 bits per heavy atom. The van der Waals surface area contributed by atoms with Gasteiger partial charge in [-0.2, -0.15) is 5.26 Å². The van der Waals surface area contributed by atoms with E-state index in [2.05, 4.69) is 18.3 Å². The fraction of sp³-hybridized carbons (Fsp3) is 0.941. The predicted molar refractivity (Wildman–Crippen MR) is 79.7 cm³/mol. The van der Waals surface area contributed by atoms with Crippen molar-refractivity contribution in [2.45, 2.75) is 77.2 Å². The first-order chi connectivity index (χ1) is 9.29. The van der Waals surface area contributed by atoms with Gasteiger partial charge in [0.1, 0.15) is 0 Å². The van der Waals surface area contributed by atoms with E-state index in [1.165, 1.54) is 57.8 Å². The van der Waals surface area contributed by atoms with Crippen LogP contribution >= 0.6 is 0 Å². The van der Waals surface area contributed by atoms with E-state index in [1.54, 1.807) is 0 Å². The summed E-state index contributed by atoms with van der Waals surface area (Å²) in [5, 5.41) is 13.0. The molecule has 2 unspecified atom stereocenters. The molecule has 0 saturated heterocycles. The van der Waals surface area contributed by atoms with Gasteiger partial charge in [-0.25, -0.2) is 0 Å². The molecule has 0 heterocycles. The number of nitriles is 1. The highest BCUT2D eigenvalue weighted by atomic mass is 14.9. The Labute approximate surface area is 119 Å². The van der Waals surface area contributed by atoms with Crippen LogP contribution in [0.1, 0.15) is 71.1 Å². The van der Waals surface area contributed by atoms with Crippen LogP contribution in [0.4, 0.5) is 0 Å². The maximum Gasteiger partial charge on any atom is 0.0672 e. The van der Waals surface area contributed by atoms with Gasteiger partial charge < -0.3 is 5.32 Å². The second kappa shape index (κ2) is 7.90. The first kappa shape index (κ1) is 14.9. The zero-order valence-electron chi connectivity index (χ0n) is 12.5. The van der Waals surface area contributed by atoms with Crippen LogP contribution in [0, 0.1) is 29.1 Å². The van der Waals surface area contributed by atoms with Crippen molar-refractivity contribution in [3.8, 4) is 6.07 Å². The van der Waals surface area contributed by atoms with E-state index >= 15 is 0 Å². The summed E-state index contributed by atoms with van der Waals surface area (Å²) in [6.07, 6.45) is 13.2. The van der Waals surface area contributed by atoms with Gasteiger partial charge in [0.15, 0.2) is 0 Å². The molecule has 2 aliphatic rings. The molecule has 0 amide bonds. The summed E-state index contributed by atoms with van der Waals surface area (Å²) < 4.78 is 0. The van der Waals surface area contributed by atoms with E-state index in [0.717, 1.165) is 24.8 Å². The Morgan fingerprint density at radius 1 is 1.00 bits per heavy atom. The first-order valence-electron chi connectivity index (χ1n) is 8.42. The molecule has 2 saturated carbocycles. The minimum absolute atomic E-state index is 0.258. The first-order valence-corrected chi connectivity index (χ1v) is 8.42. The highest BCUT2D eigenvalue weighted by Crippen LogP contribution is 2.30. The van der Waals surface area contributed by atoms with Gasteiger partial charge in [-0.05, 0) is 37.6 Å². The van der Waals surface area contributed by atoms with Crippen LogP contribution in [0.25, 0.3) is 0 Å². The Balaban J connectivity index is 1.67. The average Bonchev–Trinajstić information content (AvgIpc) is 2.66. The van der Waals surface area contributed by atoms with Crippen molar-refractivity contribution in [2.75, 3.05) is 6.54 Å². The fourth-order valence-corrected chi connectivity index (χ4v) is 3.80. The SMILES string of the molecule is CC1CCC(CCNC2CCCCCC2C#N)CC1. The molecule has 2 atom stereocenters. The number of nitrogens with zero attached hydrogens (tertiary/aromatic N) is 1. The van der Waals surface area contributed by atoms with Gasteiger partial charge in [0.25, 0.3) is 0 Å². The van der Waals surface area contributed by atoms with Gasteiger partial charge in [0, 0.05) is 6.04 Å². The molecule has 0 aliphatic heterocycles. The van der Waals surface area contributed by atoms with Crippen LogP contribution in [-0.2, 0) is 0 Å². The van der Waals surface area contributed by atoms with Crippen LogP contribution in [0.2, 0.25) is 0 Å². The molecule has 0 aromatic rings. The van der Waals surface area contributed by atoms with Crippen molar-refractivity contribution in [1.82, 2.24) is 5.32 Å². The quantitative estimate of drug-likeness (QED) is 0.768. The van der Waals surface area contributed by atoms with Crippen LogP contribution < -0.4 is 5.32 Å². The Kier molecular flexibility index (Phi) is 6.17. The van der Waals surface area contributed by atoms with Gasteiger partial charge in [-0.3, -0.25) is 0 Å². The molecule has 108 valence electrons. The Morgan fingerprint density at radius 3 is 2.47 bits per heavy atom. The van der Waals surface area contributed by atoms with E-state index in [1.807, 2.05) is 0 Å². The monoisotopic (exact) mass is 262 g/mol. The van der Waals surface area contributed by atoms with Crippen molar-refractivity contribution in [3.05, 3.63) is 0 Å². The molecule has 2 heteroatoms. The molecule has 2 nitrogen and oxygen atoms in total. The third-order valence-corrected chi connectivity index (χ3v) is 5.28. The lowest BCUT2D eigenvalue weighted by Crippen LogP contribution is -2.36. The van der Waals surface area contributed by atoms with E-state index in [-0.39, 0.29) is 5.92 Å². The molecule has 0 radical (unpaired) electrons. The largest absolute Gasteiger partial charge is 0.313 e. The third kappa shape index (κ3) is 4.80. The number of hydrogen-bond donors (Lipinski definition) is 1. The minimum Gasteiger partial charge on any atom is -0.313 e. The second-order valence-electron chi connectivity index (χ2n) is 6.85. The van der Waals surface area contributed by atoms with Crippen molar-refractivity contribution in [2.24, 2.45) is 17.8 Å². The molecular weight excluding hydrogens is 232 g/mol. The normalized spacial score (nSPS) is 36.4. The molecule has 2 fully saturated rings. The highest BCUT2D eigenvalue weighted by Gasteiger charge is 2.23. The topological polar surface area (TPSA) is 35.8 Å². The fourth-order valence-electron chi connectivity index (χ4n) is 3.80. The van der Waals surface area contributed by atoms with E-state index in [9.17, 15) is 5.26 Å². The Hall–Kier alpha value is -0.550. The smallest absolute Gasteiger partial charge is 0.0672 e. The van der Waals surface area contributed by atoms with Crippen LogP contribution in [-0.4, -0.2) is 12.6 Å². The van der Waals surface area contributed by atoms with Gasteiger partial charge in [-0.1, -0.05) is 51.9 Å². The number of nitrogens with one attached hydrogen (secondary N) is 1. The molecule has 0 aromatic carbocycles. The van der Waals surface area contributed by atoms with Crippen molar-refractivity contribution in [1.29, 1.82) is 5.26 Å². The lowest BCUT2D eigenvalue weighted by atomic mass is 9.81. The maximum atomic E-state index is 9.27. The molecule has 2 aliphatic carbocycles. The Bertz CT molecular complexity index is 286. The van der Waals surface area contributed by atoms with Crippen LogP contribution in [0.5, 0.6) is 0 Å². The van der Waals surface area contributed by atoms with Gasteiger partial charge in [0.2, 0.25) is 0 Å². The lowest BCUT2D eigenvalue weighted by Gasteiger charge is -2.27. The summed E-state index contributed by atoms with van der Waals surface area (Å²) >= 11 is 0. The molecule has 0 aromatic heterocycles. The highest BCUT2D eigenvalue weighted by molar-refractivity contribution is 4.93. The molecule has 0 spiro atoms. The summed E-state index contributed by atoms with van der Waals surface area (Å²) in [5.74, 6) is 2.15. The summed E-state index contributed by atoms with van der Waals surface area (Å²) in [5.41, 5.74) is 0. The van der Waals surface area contributed by atoms with Gasteiger partial charge in [0.05, 0.1) is 12.0 Å². The molecule has 19 heavy (non-hydrogen) atoms. The van der Waals surface area contributed by atoms with E-state index in [0.29, 0.717) is 6.04 Å². The summed E-state index contributed by atoms with van der Waals surface area (Å²) in [6.45, 7) is 3.51. The number of hydrogen-bond acceptors (Lipinski definition) is 2. The average molecular weight is 262 g/mol. The van der Waals surface area contributed by atoms with Crippen molar-refractivity contribution >= 4 is 0 Å². The predicted octanol–water partition coefficient (Wildman–Crippen LogP) is 4.26. The van der Waals surface area contributed by atoms with Crippen LogP contribution in [0.15, 0.2) is 0 Å². The minimum atomic E-state index is 0.258. The van der Waals surface area contributed by atoms with E-state index < -0.39 is 0 Å². The standard InChI is InChI=1S/C17H30N2/c1-14-7-9-15(10-8-14)11-12-19-17-6-4-2-3-5-16(17)13-18/h14-17,19H,2-12H2,1H3. The molecule has 2 rings (SSSR count). The summed E-state index contributed by atoms with van der Waals surface area (Å²) in [4.78, 5) is 0. The zero-order chi connectivity index (χ0) is 13.5. The lowest BCUT2D eigenvalue weighted by molar-refractivity contribution is 0.268. The second-order valence-corrected chi connectivity index (χ2v) is 6.85. The summed E-state index contributed by atoms with van der Waals surface area (Å²) in [6, 6.07) is 2.99. The molecule has 1 N–H and O–H groups in total. The third-order valence-electron chi connectivity index (χ3n) is 5.28. The molecular formula is C17H30N2. The van der Waals surface area contributed by atoms with Crippen molar-refractivity contribution in [3.63, 3.8) is 0 Å². The number of rotatable bonds is 4. The van der Waals surface area contributed by atoms with Gasteiger partial charge in [-0.15, -0.1) is 0 Å². The van der Waals surface area contributed by atoms with Crippen molar-refractivity contribution < 1.29 is 0 Å². The zero-order valence-corrected chi connectivity index (χ0v) is 12.5. The molecule has 0 bridgehead atoms. The van der Waals surface area contributed by atoms with Crippen LogP contribution in [0.3, 0.4) is 0 Å². The van der Waals surface area contributed by atoms with Gasteiger partial charge >= 0.3 is 0 Å². The maximum absolute atomic E-state index is 9.27. The summed E-state index contributed by atoms with van der Waals surface area (Å²) in [7, 11) is 0. The van der Waals surface area contributed by atoms with E-state index in [4.69, 9.17) is 0 Å².